The number of rotatable bonds is 4. The number of likely N-dealkylation sites (tertiary alicyclic amines) is 1. The highest BCUT2D eigenvalue weighted by Gasteiger charge is 2.22. The summed E-state index contributed by atoms with van der Waals surface area (Å²) in [7, 11) is 0. The van der Waals surface area contributed by atoms with Crippen molar-refractivity contribution in [3.05, 3.63) is 65.7 Å². The van der Waals surface area contributed by atoms with Gasteiger partial charge < -0.3 is 16.0 Å². The molecule has 0 radical (unpaired) electrons. The van der Waals surface area contributed by atoms with Gasteiger partial charge in [-0.3, -0.25) is 0 Å². The summed E-state index contributed by atoms with van der Waals surface area (Å²) < 4.78 is 0. The molecule has 0 aromatic heterocycles. The molecule has 4 heteroatoms. The fraction of sp³-hybridized carbons (Fsp3) is 0.350. The van der Waals surface area contributed by atoms with Crippen LogP contribution >= 0.6 is 0 Å². The van der Waals surface area contributed by atoms with Gasteiger partial charge in [0.05, 0.1) is 0 Å². The lowest BCUT2D eigenvalue weighted by atomic mass is 9.90. The van der Waals surface area contributed by atoms with Gasteiger partial charge in [-0.05, 0) is 48.4 Å². The van der Waals surface area contributed by atoms with E-state index in [4.69, 9.17) is 5.73 Å². The number of benzene rings is 2. The quantitative estimate of drug-likeness (QED) is 0.902. The first-order chi connectivity index (χ1) is 11.7. The number of piperidine rings is 1. The molecule has 1 aliphatic heterocycles. The van der Waals surface area contributed by atoms with E-state index in [9.17, 15) is 4.79 Å². The summed E-state index contributed by atoms with van der Waals surface area (Å²) in [4.78, 5) is 14.3. The van der Waals surface area contributed by atoms with E-state index >= 15 is 0 Å². The van der Waals surface area contributed by atoms with Crippen molar-refractivity contribution in [2.24, 2.45) is 11.7 Å². The summed E-state index contributed by atoms with van der Waals surface area (Å²) in [5, 5.41) is 2.97. The van der Waals surface area contributed by atoms with Crippen LogP contribution in [0.3, 0.4) is 0 Å². The van der Waals surface area contributed by atoms with Crippen LogP contribution < -0.4 is 11.1 Å². The van der Waals surface area contributed by atoms with Crippen molar-refractivity contribution in [2.75, 3.05) is 18.4 Å². The van der Waals surface area contributed by atoms with E-state index in [1.54, 1.807) is 0 Å². The van der Waals surface area contributed by atoms with Gasteiger partial charge >= 0.3 is 6.03 Å². The molecule has 1 fully saturated rings. The third-order valence-corrected chi connectivity index (χ3v) is 4.71. The third-order valence-electron chi connectivity index (χ3n) is 4.71. The lowest BCUT2D eigenvalue weighted by molar-refractivity contribution is 0.182. The Morgan fingerprint density at radius 1 is 1.00 bits per heavy atom. The van der Waals surface area contributed by atoms with Crippen LogP contribution in [-0.4, -0.2) is 24.0 Å². The van der Waals surface area contributed by atoms with Crippen molar-refractivity contribution < 1.29 is 4.79 Å². The fourth-order valence-electron chi connectivity index (χ4n) is 3.21. The van der Waals surface area contributed by atoms with Crippen LogP contribution in [0.5, 0.6) is 0 Å². The Bertz CT molecular complexity index is 646. The second-order valence-corrected chi connectivity index (χ2v) is 6.45. The highest BCUT2D eigenvalue weighted by Crippen LogP contribution is 2.22. The number of nitrogens with two attached hydrogens (primary N) is 1. The Morgan fingerprint density at radius 2 is 1.67 bits per heavy atom. The number of carbonyl (C=O) groups is 1. The lowest BCUT2D eigenvalue weighted by Gasteiger charge is -2.32. The fourth-order valence-corrected chi connectivity index (χ4v) is 3.21. The summed E-state index contributed by atoms with van der Waals surface area (Å²) >= 11 is 0. The molecule has 1 heterocycles. The maximum atomic E-state index is 12.4. The molecule has 1 aliphatic rings. The summed E-state index contributed by atoms with van der Waals surface area (Å²) in [6.45, 7) is 2.16. The van der Waals surface area contributed by atoms with Gasteiger partial charge in [0, 0.05) is 25.3 Å². The predicted molar refractivity (Wildman–Crippen MR) is 97.8 cm³/mol. The normalized spacial score (nSPS) is 15.3. The molecule has 24 heavy (non-hydrogen) atoms. The molecule has 0 atom stereocenters. The number of nitrogens with zero attached hydrogens (tertiary/aromatic N) is 1. The molecule has 3 N–H and O–H groups in total. The molecule has 0 spiro atoms. The molecule has 0 aliphatic carbocycles. The number of hydrogen-bond acceptors (Lipinski definition) is 2. The SMILES string of the molecule is NCc1ccc(NC(=O)N2CCC(Cc3ccccc3)CC2)cc1. The molecular weight excluding hydrogens is 298 g/mol. The van der Waals surface area contributed by atoms with Crippen LogP contribution in [0.2, 0.25) is 0 Å². The van der Waals surface area contributed by atoms with Crippen molar-refractivity contribution >= 4 is 11.7 Å². The van der Waals surface area contributed by atoms with Gasteiger partial charge in [-0.25, -0.2) is 4.79 Å². The van der Waals surface area contributed by atoms with E-state index in [-0.39, 0.29) is 6.03 Å². The van der Waals surface area contributed by atoms with Crippen molar-refractivity contribution in [3.63, 3.8) is 0 Å². The van der Waals surface area contributed by atoms with Crippen LogP contribution in [-0.2, 0) is 13.0 Å². The van der Waals surface area contributed by atoms with E-state index < -0.39 is 0 Å². The van der Waals surface area contributed by atoms with Crippen LogP contribution in [0.15, 0.2) is 54.6 Å². The molecule has 2 amide bonds. The molecule has 2 aromatic carbocycles. The van der Waals surface area contributed by atoms with Gasteiger partial charge in [-0.1, -0.05) is 42.5 Å². The minimum absolute atomic E-state index is 0.00587. The van der Waals surface area contributed by atoms with Crippen LogP contribution in [0.4, 0.5) is 10.5 Å². The van der Waals surface area contributed by atoms with Crippen molar-refractivity contribution in [1.29, 1.82) is 0 Å². The molecule has 0 saturated carbocycles. The largest absolute Gasteiger partial charge is 0.326 e. The van der Waals surface area contributed by atoms with Gasteiger partial charge in [0.1, 0.15) is 0 Å². The average molecular weight is 323 g/mol. The van der Waals surface area contributed by atoms with E-state index in [2.05, 4.69) is 35.6 Å². The number of hydrogen-bond donors (Lipinski definition) is 2. The Morgan fingerprint density at radius 3 is 2.29 bits per heavy atom. The summed E-state index contributed by atoms with van der Waals surface area (Å²) in [6, 6.07) is 18.3. The second kappa shape index (κ2) is 7.97. The summed E-state index contributed by atoms with van der Waals surface area (Å²) in [6.07, 6.45) is 3.24. The molecule has 126 valence electrons. The lowest BCUT2D eigenvalue weighted by Crippen LogP contribution is -2.41. The third kappa shape index (κ3) is 4.36. The van der Waals surface area contributed by atoms with Gasteiger partial charge in [0.2, 0.25) is 0 Å². The summed E-state index contributed by atoms with van der Waals surface area (Å²) in [5.41, 5.74) is 8.87. The number of urea groups is 1. The highest BCUT2D eigenvalue weighted by molar-refractivity contribution is 5.89. The Hall–Kier alpha value is -2.33. The molecule has 3 rings (SSSR count). The zero-order valence-corrected chi connectivity index (χ0v) is 13.9. The van der Waals surface area contributed by atoms with Gasteiger partial charge in [-0.15, -0.1) is 0 Å². The number of amides is 2. The monoisotopic (exact) mass is 323 g/mol. The molecule has 0 bridgehead atoms. The van der Waals surface area contributed by atoms with Gasteiger partial charge in [0.15, 0.2) is 0 Å². The molecule has 2 aromatic rings. The maximum absolute atomic E-state index is 12.4. The standard InChI is InChI=1S/C20H25N3O/c21-15-18-6-8-19(9-7-18)22-20(24)23-12-10-17(11-13-23)14-16-4-2-1-3-5-16/h1-9,17H,10-15,21H2,(H,22,24). The van der Waals surface area contributed by atoms with Gasteiger partial charge in [-0.2, -0.15) is 0 Å². The molecule has 1 saturated heterocycles. The van der Waals surface area contributed by atoms with Crippen molar-refractivity contribution in [2.45, 2.75) is 25.8 Å². The first kappa shape index (κ1) is 16.5. The zero-order chi connectivity index (χ0) is 16.8. The van der Waals surface area contributed by atoms with Crippen molar-refractivity contribution in [1.82, 2.24) is 4.90 Å². The van der Waals surface area contributed by atoms with E-state index in [1.807, 2.05) is 29.2 Å². The average Bonchev–Trinajstić information content (AvgIpc) is 2.64. The minimum atomic E-state index is -0.00587. The Labute approximate surface area is 143 Å². The highest BCUT2D eigenvalue weighted by atomic mass is 16.2. The van der Waals surface area contributed by atoms with Crippen LogP contribution in [0, 0.1) is 5.92 Å². The van der Waals surface area contributed by atoms with Gasteiger partial charge in [0.25, 0.3) is 0 Å². The minimum Gasteiger partial charge on any atom is -0.326 e. The van der Waals surface area contributed by atoms with Crippen LogP contribution in [0.25, 0.3) is 0 Å². The number of carbonyl (C=O) groups excluding carboxylic acids is 1. The molecular formula is C20H25N3O. The van der Waals surface area contributed by atoms with E-state index in [0.717, 1.165) is 43.6 Å². The number of nitrogens with one attached hydrogen (secondary N) is 1. The second-order valence-electron chi connectivity index (χ2n) is 6.45. The topological polar surface area (TPSA) is 58.4 Å². The predicted octanol–water partition coefficient (Wildman–Crippen LogP) is 3.63. The first-order valence-corrected chi connectivity index (χ1v) is 8.63. The molecule has 0 unspecified atom stereocenters. The smallest absolute Gasteiger partial charge is 0.321 e. The van der Waals surface area contributed by atoms with Crippen molar-refractivity contribution in [3.8, 4) is 0 Å². The maximum Gasteiger partial charge on any atom is 0.321 e. The first-order valence-electron chi connectivity index (χ1n) is 8.63. The Balaban J connectivity index is 1.47. The van der Waals surface area contributed by atoms with Crippen LogP contribution in [0.1, 0.15) is 24.0 Å². The zero-order valence-electron chi connectivity index (χ0n) is 13.9. The van der Waals surface area contributed by atoms with E-state index in [0.29, 0.717) is 12.5 Å². The molecule has 4 nitrogen and oxygen atoms in total. The Kier molecular flexibility index (Phi) is 5.49. The summed E-state index contributed by atoms with van der Waals surface area (Å²) in [5.74, 6) is 0.667. The number of anilines is 1. The van der Waals surface area contributed by atoms with E-state index in [1.165, 1.54) is 5.56 Å².